The van der Waals surface area contributed by atoms with E-state index in [-0.39, 0.29) is 19.0 Å². The van der Waals surface area contributed by atoms with Gasteiger partial charge >= 0.3 is 0 Å². The Labute approximate surface area is 133 Å². The molecule has 0 aromatic heterocycles. The van der Waals surface area contributed by atoms with Crippen LogP contribution in [0.2, 0.25) is 0 Å². The van der Waals surface area contributed by atoms with Crippen LogP contribution in [0.15, 0.2) is 12.3 Å². The van der Waals surface area contributed by atoms with E-state index < -0.39 is 0 Å². The maximum absolute atomic E-state index is 8.78. The molecule has 1 N–H and O–H groups in total. The molecule has 0 unspecified atom stereocenters. The molecule has 0 aliphatic rings. The first kappa shape index (κ1) is 22.2. The van der Waals surface area contributed by atoms with Crippen molar-refractivity contribution in [2.45, 2.75) is 71.1 Å². The molecule has 0 saturated heterocycles. The van der Waals surface area contributed by atoms with Crippen molar-refractivity contribution in [3.05, 3.63) is 12.3 Å². The van der Waals surface area contributed by atoms with Gasteiger partial charge in [0.15, 0.2) is 0 Å². The van der Waals surface area contributed by atoms with Crippen molar-refractivity contribution in [2.24, 2.45) is 0 Å². The second-order valence-electron chi connectivity index (χ2n) is 6.25. The zero-order valence-electron chi connectivity index (χ0n) is 13.9. The summed E-state index contributed by atoms with van der Waals surface area (Å²) < 4.78 is 0.886. The Hall–Kier alpha value is -0.0500. The van der Waals surface area contributed by atoms with Crippen LogP contribution in [0.3, 0.4) is 0 Å². The summed E-state index contributed by atoms with van der Waals surface area (Å²) in [7, 11) is 4.39. The standard InChI is InChI=1S/C17H36NO.ClH/c1-4-5-6-7-8-9-10-11-12-13-15-18(2,3)16-14-17-19;/h14,16,19H,4-13,15,17H2,1-3H3;1H/q+1;/p-1/b16-14+;. The Morgan fingerprint density at radius 2 is 1.25 bits per heavy atom. The predicted molar refractivity (Wildman–Crippen MR) is 85.0 cm³/mol. The lowest BCUT2D eigenvalue weighted by atomic mass is 10.1. The van der Waals surface area contributed by atoms with Crippen molar-refractivity contribution in [3.8, 4) is 0 Å². The van der Waals surface area contributed by atoms with Gasteiger partial charge in [-0.2, -0.15) is 0 Å². The normalized spacial score (nSPS) is 11.8. The maximum atomic E-state index is 8.78. The Morgan fingerprint density at radius 3 is 1.70 bits per heavy atom. The van der Waals surface area contributed by atoms with Crippen LogP contribution in [0.25, 0.3) is 0 Å². The largest absolute Gasteiger partial charge is 1.00 e. The average molecular weight is 306 g/mol. The van der Waals surface area contributed by atoms with Crippen LogP contribution in [0.1, 0.15) is 71.1 Å². The minimum absolute atomic E-state index is 0. The highest BCUT2D eigenvalue weighted by molar-refractivity contribution is 4.71. The van der Waals surface area contributed by atoms with Gasteiger partial charge in [-0.15, -0.1) is 0 Å². The van der Waals surface area contributed by atoms with E-state index in [1.807, 2.05) is 6.08 Å². The van der Waals surface area contributed by atoms with Gasteiger partial charge in [0.1, 0.15) is 0 Å². The smallest absolute Gasteiger partial charge is 0.0936 e. The predicted octanol–water partition coefficient (Wildman–Crippen LogP) is 1.49. The van der Waals surface area contributed by atoms with Crippen LogP contribution >= 0.6 is 0 Å². The van der Waals surface area contributed by atoms with Crippen molar-refractivity contribution >= 4 is 0 Å². The lowest BCUT2D eigenvalue weighted by Gasteiger charge is -2.24. The first-order valence-electron chi connectivity index (χ1n) is 8.23. The van der Waals surface area contributed by atoms with E-state index in [0.717, 1.165) is 4.48 Å². The van der Waals surface area contributed by atoms with Crippen LogP contribution in [-0.2, 0) is 0 Å². The number of aliphatic hydroxyl groups is 1. The minimum atomic E-state index is 0. The van der Waals surface area contributed by atoms with E-state index in [2.05, 4.69) is 27.2 Å². The van der Waals surface area contributed by atoms with Crippen LogP contribution < -0.4 is 12.4 Å². The third-order valence-electron chi connectivity index (χ3n) is 3.70. The molecule has 0 amide bonds. The van der Waals surface area contributed by atoms with Gasteiger partial charge in [-0.05, 0) is 18.9 Å². The molecule has 0 fully saturated rings. The highest BCUT2D eigenvalue weighted by Gasteiger charge is 2.09. The summed E-state index contributed by atoms with van der Waals surface area (Å²) in [5.41, 5.74) is 0. The first-order valence-corrected chi connectivity index (χ1v) is 8.23. The Bertz CT molecular complexity index is 217. The monoisotopic (exact) mass is 305 g/mol. The molecule has 20 heavy (non-hydrogen) atoms. The van der Waals surface area contributed by atoms with E-state index in [1.165, 1.54) is 70.8 Å². The second-order valence-corrected chi connectivity index (χ2v) is 6.25. The molecule has 2 nitrogen and oxygen atoms in total. The summed E-state index contributed by atoms with van der Waals surface area (Å²) in [5.74, 6) is 0. The lowest BCUT2D eigenvalue weighted by molar-refractivity contribution is -0.839. The molecule has 0 spiro atoms. The van der Waals surface area contributed by atoms with E-state index in [4.69, 9.17) is 5.11 Å². The quantitative estimate of drug-likeness (QED) is 0.404. The molecule has 0 aliphatic heterocycles. The van der Waals surface area contributed by atoms with Crippen LogP contribution in [0.5, 0.6) is 0 Å². The van der Waals surface area contributed by atoms with Gasteiger partial charge in [-0.25, -0.2) is 0 Å². The topological polar surface area (TPSA) is 20.2 Å². The summed E-state index contributed by atoms with van der Waals surface area (Å²) in [5, 5.41) is 8.78. The average Bonchev–Trinajstić information content (AvgIpc) is 2.38. The van der Waals surface area contributed by atoms with E-state index in [1.54, 1.807) is 0 Å². The molecule has 0 rings (SSSR count). The van der Waals surface area contributed by atoms with Crippen molar-refractivity contribution in [1.29, 1.82) is 0 Å². The second kappa shape index (κ2) is 15.3. The SMILES string of the molecule is CCCCCCCCCCCC[N+](C)(C)/C=C/CO.[Cl-]. The van der Waals surface area contributed by atoms with E-state index in [0.29, 0.717) is 0 Å². The van der Waals surface area contributed by atoms with Crippen LogP contribution in [0.4, 0.5) is 0 Å². The number of nitrogens with zero attached hydrogens (tertiary/aromatic N) is 1. The summed E-state index contributed by atoms with van der Waals surface area (Å²) in [4.78, 5) is 0. The number of halogens is 1. The number of hydrogen-bond acceptors (Lipinski definition) is 1. The molecule has 0 heterocycles. The van der Waals surface area contributed by atoms with Gasteiger partial charge in [0, 0.05) is 0 Å². The van der Waals surface area contributed by atoms with Gasteiger partial charge < -0.3 is 22.0 Å². The zero-order valence-corrected chi connectivity index (χ0v) is 14.7. The number of rotatable bonds is 13. The van der Waals surface area contributed by atoms with Crippen molar-refractivity contribution in [2.75, 3.05) is 27.2 Å². The molecule has 3 heteroatoms. The van der Waals surface area contributed by atoms with Gasteiger partial charge in [0.05, 0.1) is 33.4 Å². The van der Waals surface area contributed by atoms with Gasteiger partial charge in [0.2, 0.25) is 0 Å². The van der Waals surface area contributed by atoms with E-state index in [9.17, 15) is 0 Å². The molecule has 0 aliphatic carbocycles. The molecule has 0 aromatic rings. The summed E-state index contributed by atoms with van der Waals surface area (Å²) in [6, 6.07) is 0. The third-order valence-corrected chi connectivity index (χ3v) is 3.70. The molecule has 0 radical (unpaired) electrons. The first-order chi connectivity index (χ1) is 9.12. The van der Waals surface area contributed by atoms with Crippen LogP contribution in [-0.4, -0.2) is 36.8 Å². The maximum Gasteiger partial charge on any atom is 0.0936 e. The molecule has 0 bridgehead atoms. The summed E-state index contributed by atoms with van der Waals surface area (Å²) >= 11 is 0. The Balaban J connectivity index is 0. The third kappa shape index (κ3) is 16.0. The van der Waals surface area contributed by atoms with E-state index >= 15 is 0 Å². The van der Waals surface area contributed by atoms with Crippen molar-refractivity contribution in [1.82, 2.24) is 0 Å². The zero-order chi connectivity index (χ0) is 14.4. The fourth-order valence-electron chi connectivity index (χ4n) is 2.41. The highest BCUT2D eigenvalue weighted by Crippen LogP contribution is 2.11. The Morgan fingerprint density at radius 1 is 0.800 bits per heavy atom. The highest BCUT2D eigenvalue weighted by atomic mass is 35.5. The summed E-state index contributed by atoms with van der Waals surface area (Å²) in [6.07, 6.45) is 17.8. The number of quaternary nitrogens is 1. The Kier molecular flexibility index (Phi) is 17.1. The van der Waals surface area contributed by atoms with Gasteiger partial charge in [-0.3, -0.25) is 0 Å². The van der Waals surface area contributed by atoms with Crippen LogP contribution in [0, 0.1) is 0 Å². The fourth-order valence-corrected chi connectivity index (χ4v) is 2.41. The van der Waals surface area contributed by atoms with Crippen molar-refractivity contribution in [3.63, 3.8) is 0 Å². The van der Waals surface area contributed by atoms with Crippen molar-refractivity contribution < 1.29 is 22.0 Å². The molecular formula is C17H36ClNO. The lowest BCUT2D eigenvalue weighted by Crippen LogP contribution is -3.00. The molecule has 0 saturated carbocycles. The number of unbranched alkanes of at least 4 members (excludes halogenated alkanes) is 9. The number of aliphatic hydroxyl groups excluding tert-OH is 1. The molecule has 0 aromatic carbocycles. The van der Waals surface area contributed by atoms with Gasteiger partial charge in [-0.1, -0.05) is 58.3 Å². The van der Waals surface area contributed by atoms with Gasteiger partial charge in [0.25, 0.3) is 0 Å². The molecule has 0 atom stereocenters. The molecule has 122 valence electrons. The summed E-state index contributed by atoms with van der Waals surface area (Å²) in [6.45, 7) is 3.60. The fraction of sp³-hybridized carbons (Fsp3) is 0.882. The molecular weight excluding hydrogens is 270 g/mol. The minimum Gasteiger partial charge on any atom is -1.00 e. The number of hydrogen-bond donors (Lipinski definition) is 1.